The summed E-state index contributed by atoms with van der Waals surface area (Å²) in [6, 6.07) is 0.467. The van der Waals surface area contributed by atoms with Crippen molar-refractivity contribution in [1.29, 1.82) is 0 Å². The molecule has 1 aromatic heterocycles. The number of aromatic nitrogens is 2. The molecule has 0 bridgehead atoms. The second kappa shape index (κ2) is 5.25. The van der Waals surface area contributed by atoms with Crippen molar-refractivity contribution in [1.82, 2.24) is 9.97 Å². The Balaban J connectivity index is 2.05. The van der Waals surface area contributed by atoms with Crippen molar-refractivity contribution in [2.75, 3.05) is 11.9 Å². The van der Waals surface area contributed by atoms with Crippen LogP contribution in [-0.4, -0.2) is 22.6 Å². The van der Waals surface area contributed by atoms with Crippen LogP contribution in [0.1, 0.15) is 31.4 Å². The summed E-state index contributed by atoms with van der Waals surface area (Å²) in [5.41, 5.74) is 6.77. The molecule has 2 atom stereocenters. The molecule has 0 spiro atoms. The van der Waals surface area contributed by atoms with Crippen LogP contribution in [0.15, 0.2) is 12.4 Å². The monoisotopic (exact) mass is 220 g/mol. The third kappa shape index (κ3) is 2.50. The number of nitrogens with one attached hydrogen (secondary N) is 1. The first kappa shape index (κ1) is 11.3. The van der Waals surface area contributed by atoms with Gasteiger partial charge in [-0.15, -0.1) is 0 Å². The smallest absolute Gasteiger partial charge is 0.147 e. The van der Waals surface area contributed by atoms with Gasteiger partial charge >= 0.3 is 0 Å². The van der Waals surface area contributed by atoms with Gasteiger partial charge in [-0.05, 0) is 32.2 Å². The Morgan fingerprint density at radius 1 is 1.31 bits per heavy atom. The minimum Gasteiger partial charge on any atom is -0.366 e. The number of hydrogen-bond donors (Lipinski definition) is 2. The Kier molecular flexibility index (Phi) is 3.72. The third-order valence-corrected chi connectivity index (χ3v) is 3.42. The first-order valence-corrected chi connectivity index (χ1v) is 6.05. The highest BCUT2D eigenvalue weighted by atomic mass is 15.0. The highest BCUT2D eigenvalue weighted by Gasteiger charge is 2.24. The van der Waals surface area contributed by atoms with Crippen molar-refractivity contribution in [3.63, 3.8) is 0 Å². The first-order chi connectivity index (χ1) is 7.81. The summed E-state index contributed by atoms with van der Waals surface area (Å²) in [6.45, 7) is 2.74. The van der Waals surface area contributed by atoms with E-state index in [9.17, 15) is 0 Å². The SMILES string of the molecule is Cc1nccnc1NC1CCCCC1CN. The molecule has 16 heavy (non-hydrogen) atoms. The van der Waals surface area contributed by atoms with Gasteiger partial charge in [0.25, 0.3) is 0 Å². The van der Waals surface area contributed by atoms with E-state index in [2.05, 4.69) is 15.3 Å². The molecule has 88 valence electrons. The van der Waals surface area contributed by atoms with Gasteiger partial charge in [0.1, 0.15) is 5.82 Å². The number of aryl methyl sites for hydroxylation is 1. The number of nitrogens with zero attached hydrogens (tertiary/aromatic N) is 2. The Labute approximate surface area is 96.7 Å². The highest BCUT2D eigenvalue weighted by Crippen LogP contribution is 2.26. The third-order valence-electron chi connectivity index (χ3n) is 3.42. The van der Waals surface area contributed by atoms with E-state index in [1.54, 1.807) is 12.4 Å². The van der Waals surface area contributed by atoms with E-state index in [1.165, 1.54) is 25.7 Å². The summed E-state index contributed by atoms with van der Waals surface area (Å²) in [5.74, 6) is 1.49. The van der Waals surface area contributed by atoms with Gasteiger partial charge in [-0.2, -0.15) is 0 Å². The van der Waals surface area contributed by atoms with Crippen molar-refractivity contribution < 1.29 is 0 Å². The summed E-state index contributed by atoms with van der Waals surface area (Å²) < 4.78 is 0. The average Bonchev–Trinajstić information content (AvgIpc) is 2.33. The average molecular weight is 220 g/mol. The van der Waals surface area contributed by atoms with E-state index in [0.29, 0.717) is 12.0 Å². The summed E-state index contributed by atoms with van der Waals surface area (Å²) >= 11 is 0. The van der Waals surface area contributed by atoms with Crippen molar-refractivity contribution in [2.24, 2.45) is 11.7 Å². The predicted molar refractivity (Wildman–Crippen MR) is 65.2 cm³/mol. The topological polar surface area (TPSA) is 63.8 Å². The van der Waals surface area contributed by atoms with Gasteiger partial charge in [-0.1, -0.05) is 12.8 Å². The predicted octanol–water partition coefficient (Wildman–Crippen LogP) is 1.71. The molecule has 0 aromatic carbocycles. The molecule has 1 aliphatic rings. The molecular formula is C12H20N4. The number of nitrogens with two attached hydrogens (primary N) is 1. The van der Waals surface area contributed by atoms with E-state index in [-0.39, 0.29) is 0 Å². The molecule has 3 N–H and O–H groups in total. The summed E-state index contributed by atoms with van der Waals surface area (Å²) in [5, 5.41) is 3.50. The largest absolute Gasteiger partial charge is 0.366 e. The van der Waals surface area contributed by atoms with Crippen LogP contribution in [0.2, 0.25) is 0 Å². The molecule has 4 heteroatoms. The minimum atomic E-state index is 0.467. The normalized spacial score (nSPS) is 25.4. The summed E-state index contributed by atoms with van der Waals surface area (Å²) in [6.07, 6.45) is 8.47. The Hall–Kier alpha value is -1.16. The fourth-order valence-electron chi connectivity index (χ4n) is 2.40. The second-order valence-electron chi connectivity index (χ2n) is 4.52. The molecule has 1 fully saturated rings. The maximum Gasteiger partial charge on any atom is 0.147 e. The fraction of sp³-hybridized carbons (Fsp3) is 0.667. The van der Waals surface area contributed by atoms with Crippen LogP contribution >= 0.6 is 0 Å². The first-order valence-electron chi connectivity index (χ1n) is 6.05. The molecule has 1 aromatic rings. The van der Waals surface area contributed by atoms with E-state index in [1.807, 2.05) is 6.92 Å². The Morgan fingerprint density at radius 3 is 2.81 bits per heavy atom. The molecule has 2 unspecified atom stereocenters. The van der Waals surface area contributed by atoms with E-state index >= 15 is 0 Å². The zero-order chi connectivity index (χ0) is 11.4. The number of rotatable bonds is 3. The molecule has 0 aliphatic heterocycles. The lowest BCUT2D eigenvalue weighted by atomic mass is 9.84. The molecule has 0 amide bonds. The number of hydrogen-bond acceptors (Lipinski definition) is 4. The molecule has 1 aliphatic carbocycles. The van der Waals surface area contributed by atoms with Crippen LogP contribution in [0.4, 0.5) is 5.82 Å². The molecule has 1 heterocycles. The van der Waals surface area contributed by atoms with Crippen molar-refractivity contribution >= 4 is 5.82 Å². The summed E-state index contributed by atoms with van der Waals surface area (Å²) in [4.78, 5) is 8.57. The van der Waals surface area contributed by atoms with Crippen LogP contribution in [0.5, 0.6) is 0 Å². The van der Waals surface area contributed by atoms with Crippen molar-refractivity contribution in [2.45, 2.75) is 38.6 Å². The quantitative estimate of drug-likeness (QED) is 0.814. The van der Waals surface area contributed by atoms with Gasteiger partial charge < -0.3 is 11.1 Å². The van der Waals surface area contributed by atoms with Crippen molar-refractivity contribution in [3.8, 4) is 0 Å². The standard InChI is InChI=1S/C12H20N4/c1-9-12(15-7-6-14-9)16-11-5-3-2-4-10(11)8-13/h6-7,10-11H,2-5,8,13H2,1H3,(H,15,16). The van der Waals surface area contributed by atoms with Crippen LogP contribution in [0.25, 0.3) is 0 Å². The number of anilines is 1. The lowest BCUT2D eigenvalue weighted by Gasteiger charge is -2.31. The lowest BCUT2D eigenvalue weighted by Crippen LogP contribution is -2.37. The van der Waals surface area contributed by atoms with Crippen LogP contribution in [-0.2, 0) is 0 Å². The lowest BCUT2D eigenvalue weighted by molar-refractivity contribution is 0.332. The van der Waals surface area contributed by atoms with Crippen LogP contribution in [0.3, 0.4) is 0 Å². The highest BCUT2D eigenvalue weighted by molar-refractivity contribution is 5.39. The van der Waals surface area contributed by atoms with Gasteiger partial charge in [-0.3, -0.25) is 4.98 Å². The zero-order valence-electron chi connectivity index (χ0n) is 9.82. The molecule has 1 saturated carbocycles. The van der Waals surface area contributed by atoms with Gasteiger partial charge in [0, 0.05) is 18.4 Å². The zero-order valence-corrected chi connectivity index (χ0v) is 9.82. The van der Waals surface area contributed by atoms with Gasteiger partial charge in [0.2, 0.25) is 0 Å². The van der Waals surface area contributed by atoms with Gasteiger partial charge in [-0.25, -0.2) is 4.98 Å². The molecule has 2 rings (SSSR count). The molecule has 0 radical (unpaired) electrons. The molecule has 4 nitrogen and oxygen atoms in total. The van der Waals surface area contributed by atoms with Gasteiger partial charge in [0.15, 0.2) is 0 Å². The Morgan fingerprint density at radius 2 is 2.06 bits per heavy atom. The van der Waals surface area contributed by atoms with E-state index < -0.39 is 0 Å². The van der Waals surface area contributed by atoms with Crippen LogP contribution in [0, 0.1) is 12.8 Å². The maximum absolute atomic E-state index is 5.81. The second-order valence-corrected chi connectivity index (χ2v) is 4.52. The molecular weight excluding hydrogens is 200 g/mol. The summed E-state index contributed by atoms with van der Waals surface area (Å²) in [7, 11) is 0. The van der Waals surface area contributed by atoms with E-state index in [0.717, 1.165) is 18.1 Å². The fourth-order valence-corrected chi connectivity index (χ4v) is 2.40. The molecule has 0 saturated heterocycles. The Bertz CT molecular complexity index is 340. The van der Waals surface area contributed by atoms with Crippen molar-refractivity contribution in [3.05, 3.63) is 18.1 Å². The van der Waals surface area contributed by atoms with E-state index in [4.69, 9.17) is 5.73 Å². The maximum atomic E-state index is 5.81. The van der Waals surface area contributed by atoms with Gasteiger partial charge in [0.05, 0.1) is 5.69 Å². The van der Waals surface area contributed by atoms with Crippen LogP contribution < -0.4 is 11.1 Å². The minimum absolute atomic E-state index is 0.467.